The van der Waals surface area contributed by atoms with Crippen molar-refractivity contribution in [1.82, 2.24) is 24.5 Å². The van der Waals surface area contributed by atoms with Crippen LogP contribution >= 0.6 is 11.8 Å². The molecule has 0 bridgehead atoms. The fourth-order valence-electron chi connectivity index (χ4n) is 3.11. The van der Waals surface area contributed by atoms with Crippen molar-refractivity contribution >= 4 is 34.3 Å². The number of nitriles is 1. The predicted molar refractivity (Wildman–Crippen MR) is 118 cm³/mol. The maximum Gasteiger partial charge on any atom is 0.262 e. The second-order valence-electron chi connectivity index (χ2n) is 7.72. The molecule has 1 N–H and O–H groups in total. The number of carbonyl (C=O) groups is 1. The Balaban J connectivity index is 2.22. The second kappa shape index (κ2) is 9.30. The van der Waals surface area contributed by atoms with Gasteiger partial charge in [0.1, 0.15) is 0 Å². The van der Waals surface area contributed by atoms with Crippen LogP contribution in [0.2, 0.25) is 0 Å². The largest absolute Gasteiger partial charge is 0.350 e. The summed E-state index contributed by atoms with van der Waals surface area (Å²) in [4.78, 5) is 25.8. The Kier molecular flexibility index (Phi) is 6.77. The first-order valence-corrected chi connectivity index (χ1v) is 11.1. The van der Waals surface area contributed by atoms with Gasteiger partial charge in [-0.15, -0.1) is 10.2 Å². The van der Waals surface area contributed by atoms with Gasteiger partial charge < -0.3 is 5.32 Å². The molecule has 158 valence electrons. The van der Waals surface area contributed by atoms with Crippen LogP contribution in [-0.2, 0) is 6.54 Å². The predicted octanol–water partition coefficient (Wildman–Crippen LogP) is 3.23. The van der Waals surface area contributed by atoms with Gasteiger partial charge in [0, 0.05) is 18.2 Å². The fraction of sp³-hybridized carbons (Fsp3) is 0.476. The zero-order valence-electron chi connectivity index (χ0n) is 17.7. The van der Waals surface area contributed by atoms with Gasteiger partial charge in [0.15, 0.2) is 5.16 Å². The van der Waals surface area contributed by atoms with E-state index >= 15 is 0 Å². The molecular formula is C21H26N6O2S. The van der Waals surface area contributed by atoms with Crippen LogP contribution < -0.4 is 10.9 Å². The van der Waals surface area contributed by atoms with E-state index in [4.69, 9.17) is 5.26 Å². The number of hydrogen-bond donors (Lipinski definition) is 1. The van der Waals surface area contributed by atoms with Gasteiger partial charge in [0.05, 0.1) is 22.7 Å². The van der Waals surface area contributed by atoms with Gasteiger partial charge in [-0.05, 0) is 43.9 Å². The van der Waals surface area contributed by atoms with Gasteiger partial charge in [-0.3, -0.25) is 18.6 Å². The molecule has 1 aromatic carbocycles. The van der Waals surface area contributed by atoms with E-state index in [0.717, 1.165) is 12.8 Å². The normalized spacial score (nSPS) is 12.4. The van der Waals surface area contributed by atoms with E-state index in [1.165, 1.54) is 11.8 Å². The molecule has 3 aromatic rings. The minimum Gasteiger partial charge on any atom is -0.350 e. The van der Waals surface area contributed by atoms with Crippen LogP contribution in [0.15, 0.2) is 28.2 Å². The van der Waals surface area contributed by atoms with E-state index in [1.54, 1.807) is 27.2 Å². The van der Waals surface area contributed by atoms with E-state index in [9.17, 15) is 9.59 Å². The molecule has 1 unspecified atom stereocenters. The molecule has 2 aromatic heterocycles. The molecule has 0 aliphatic carbocycles. The molecule has 8 nitrogen and oxygen atoms in total. The minimum atomic E-state index is -0.192. The van der Waals surface area contributed by atoms with Crippen LogP contribution in [0.3, 0.4) is 0 Å². The highest BCUT2D eigenvalue weighted by Gasteiger charge is 2.19. The van der Waals surface area contributed by atoms with E-state index in [0.29, 0.717) is 39.9 Å². The molecule has 0 saturated heterocycles. The lowest BCUT2D eigenvalue weighted by atomic mass is 10.1. The maximum absolute atomic E-state index is 13.2. The van der Waals surface area contributed by atoms with Crippen molar-refractivity contribution < 1.29 is 4.79 Å². The summed E-state index contributed by atoms with van der Waals surface area (Å²) in [5.74, 6) is 0.868. The fourth-order valence-corrected chi connectivity index (χ4v) is 3.71. The summed E-state index contributed by atoms with van der Waals surface area (Å²) in [5.41, 5.74) is 0.877. The molecule has 2 heterocycles. The quantitative estimate of drug-likeness (QED) is 0.555. The topological polar surface area (TPSA) is 105 Å². The summed E-state index contributed by atoms with van der Waals surface area (Å²) in [6.45, 7) is 8.67. The lowest BCUT2D eigenvalue weighted by molar-refractivity contribution is 0.0939. The highest BCUT2D eigenvalue weighted by molar-refractivity contribution is 7.99. The highest BCUT2D eigenvalue weighted by atomic mass is 32.2. The smallest absolute Gasteiger partial charge is 0.262 e. The number of thioether (sulfide) groups is 1. The lowest BCUT2D eigenvalue weighted by Crippen LogP contribution is -2.32. The third-order valence-electron chi connectivity index (χ3n) is 5.02. The Bertz CT molecular complexity index is 1170. The van der Waals surface area contributed by atoms with Crippen molar-refractivity contribution in [2.24, 2.45) is 5.92 Å². The molecule has 0 aliphatic heterocycles. The summed E-state index contributed by atoms with van der Waals surface area (Å²) in [5, 5.41) is 21.4. The van der Waals surface area contributed by atoms with Crippen molar-refractivity contribution in [3.05, 3.63) is 34.1 Å². The van der Waals surface area contributed by atoms with E-state index in [1.807, 2.05) is 13.8 Å². The Morgan fingerprint density at radius 2 is 2.07 bits per heavy atom. The minimum absolute atomic E-state index is 0.0499. The van der Waals surface area contributed by atoms with E-state index in [2.05, 4.69) is 35.4 Å². The molecule has 0 radical (unpaired) electrons. The van der Waals surface area contributed by atoms with Crippen LogP contribution in [0.5, 0.6) is 0 Å². The van der Waals surface area contributed by atoms with E-state index < -0.39 is 0 Å². The number of rotatable bonds is 8. The Morgan fingerprint density at radius 1 is 1.30 bits per heavy atom. The third-order valence-corrected chi connectivity index (χ3v) is 5.82. The summed E-state index contributed by atoms with van der Waals surface area (Å²) in [6.07, 6.45) is 1.65. The Labute approximate surface area is 179 Å². The van der Waals surface area contributed by atoms with Gasteiger partial charge in [-0.2, -0.15) is 5.26 Å². The van der Waals surface area contributed by atoms with E-state index in [-0.39, 0.29) is 23.3 Å². The van der Waals surface area contributed by atoms with Gasteiger partial charge in [0.2, 0.25) is 5.78 Å². The molecule has 1 amide bonds. The lowest BCUT2D eigenvalue weighted by Gasteiger charge is -2.14. The number of benzene rings is 1. The maximum atomic E-state index is 13.2. The Hall–Kier alpha value is -2.86. The van der Waals surface area contributed by atoms with Crippen molar-refractivity contribution in [2.75, 3.05) is 5.75 Å². The molecular weight excluding hydrogens is 400 g/mol. The monoisotopic (exact) mass is 426 g/mol. The number of aryl methyl sites for hydroxylation is 1. The highest BCUT2D eigenvalue weighted by Crippen LogP contribution is 2.23. The molecule has 0 aliphatic rings. The first-order chi connectivity index (χ1) is 14.4. The molecule has 0 fully saturated rings. The number of fused-ring (bicyclic) bond motifs is 3. The van der Waals surface area contributed by atoms with Crippen LogP contribution in [0, 0.1) is 17.2 Å². The van der Waals surface area contributed by atoms with Crippen LogP contribution in [0.25, 0.3) is 16.7 Å². The van der Waals surface area contributed by atoms with Crippen LogP contribution in [0.4, 0.5) is 0 Å². The standard InChI is InChI=1S/C21H26N6O2S/c1-5-14(4)23-18(28)15-6-7-16-17(12-15)27-20(24-25-21(27)30-11-9-22)26(19(16)29)10-8-13(2)3/h6-7,12-14H,5,8,10-11H2,1-4H3,(H,23,28). The number of amides is 1. The van der Waals surface area contributed by atoms with Crippen LogP contribution in [0.1, 0.15) is 50.9 Å². The van der Waals surface area contributed by atoms with Gasteiger partial charge in [-0.25, -0.2) is 0 Å². The molecule has 30 heavy (non-hydrogen) atoms. The van der Waals surface area contributed by atoms with Crippen molar-refractivity contribution in [2.45, 2.75) is 58.3 Å². The molecule has 9 heteroatoms. The number of nitrogens with one attached hydrogen (secondary N) is 1. The van der Waals surface area contributed by atoms with Crippen LogP contribution in [-0.4, -0.2) is 36.9 Å². The summed E-state index contributed by atoms with van der Waals surface area (Å²) < 4.78 is 3.41. The van der Waals surface area contributed by atoms with Gasteiger partial charge in [0.25, 0.3) is 11.5 Å². The number of hydrogen-bond acceptors (Lipinski definition) is 6. The van der Waals surface area contributed by atoms with Crippen molar-refractivity contribution in [1.29, 1.82) is 5.26 Å². The molecule has 0 saturated carbocycles. The molecule has 1 atom stereocenters. The second-order valence-corrected chi connectivity index (χ2v) is 8.66. The summed E-state index contributed by atoms with van der Waals surface area (Å²) >= 11 is 1.25. The average Bonchev–Trinajstić information content (AvgIpc) is 3.15. The number of nitrogens with zero attached hydrogens (tertiary/aromatic N) is 5. The zero-order valence-corrected chi connectivity index (χ0v) is 18.5. The average molecular weight is 427 g/mol. The number of aromatic nitrogens is 4. The number of carbonyl (C=O) groups excluding carboxylic acids is 1. The van der Waals surface area contributed by atoms with Gasteiger partial charge >= 0.3 is 0 Å². The summed E-state index contributed by atoms with van der Waals surface area (Å²) in [7, 11) is 0. The van der Waals surface area contributed by atoms with Crippen molar-refractivity contribution in [3.8, 4) is 6.07 Å². The molecule has 3 rings (SSSR count). The van der Waals surface area contributed by atoms with Gasteiger partial charge in [-0.1, -0.05) is 32.5 Å². The summed E-state index contributed by atoms with van der Waals surface area (Å²) in [6, 6.07) is 7.20. The SMILES string of the molecule is CCC(C)NC(=O)c1ccc2c(=O)n(CCC(C)C)c3nnc(SCC#N)n3c2c1. The first kappa shape index (κ1) is 21.8. The van der Waals surface area contributed by atoms with Crippen molar-refractivity contribution in [3.63, 3.8) is 0 Å². The first-order valence-electron chi connectivity index (χ1n) is 10.1. The third kappa shape index (κ3) is 4.33. The zero-order chi connectivity index (χ0) is 21.8. The Morgan fingerprint density at radius 3 is 2.73 bits per heavy atom. The molecule has 0 spiro atoms.